The Hall–Kier alpha value is -5.27. The molecule has 4 aromatic rings. The van der Waals surface area contributed by atoms with Crippen molar-refractivity contribution in [3.8, 4) is 5.69 Å². The summed E-state index contributed by atoms with van der Waals surface area (Å²) in [4.78, 5) is 44.9. The maximum absolute atomic E-state index is 14.4. The Bertz CT molecular complexity index is 1920. The molecule has 10 nitrogen and oxygen atoms in total. The Kier molecular flexibility index (Phi) is 9.89. The first-order valence-electron chi connectivity index (χ1n) is 16.3. The molecule has 260 valence electrons. The highest BCUT2D eigenvalue weighted by Crippen LogP contribution is 2.44. The minimum Gasteiger partial charge on any atom is -0.379 e. The number of fused-ring (bicyclic) bond motifs is 1. The van der Waals surface area contributed by atoms with Gasteiger partial charge in [-0.1, -0.05) is 43.0 Å². The van der Waals surface area contributed by atoms with Crippen LogP contribution in [0.5, 0.6) is 0 Å². The van der Waals surface area contributed by atoms with Gasteiger partial charge in [0.05, 0.1) is 30.2 Å². The van der Waals surface area contributed by atoms with Gasteiger partial charge in [0.25, 0.3) is 17.7 Å². The number of ether oxygens (including phenoxy) is 1. The van der Waals surface area contributed by atoms with Crippen LogP contribution in [0.3, 0.4) is 0 Å². The highest BCUT2D eigenvalue weighted by molar-refractivity contribution is 6.06. The molecule has 6 rings (SSSR count). The average molecular weight is 687 g/mol. The number of morpholine rings is 1. The lowest BCUT2D eigenvalue weighted by Gasteiger charge is -2.38. The van der Waals surface area contributed by atoms with Gasteiger partial charge in [-0.3, -0.25) is 24.2 Å². The van der Waals surface area contributed by atoms with Crippen LogP contribution in [0.25, 0.3) is 5.69 Å². The molecule has 0 unspecified atom stereocenters. The van der Waals surface area contributed by atoms with Crippen LogP contribution in [0.15, 0.2) is 91.0 Å². The third-order valence-electron chi connectivity index (χ3n) is 8.91. The SMILES string of the molecule is C=C(CN1CCOCC1)C(=O)Nc1cccc([C@H]2c3c(C)nn(-c4ccccc4)c3N(CC)C(=O)[C@H]2NC(=O)c2cccc(C(F)(F)F)c2)c1. The van der Waals surface area contributed by atoms with E-state index in [4.69, 9.17) is 9.84 Å². The first kappa shape index (κ1) is 34.6. The standard InChI is InChI=1S/C37H37F3N6O4/c1-4-45-35-30(24(3)43-46(35)29-14-6-5-7-15-29)31(32(36(45)49)42-34(48)26-11-8-12-27(20-26)37(38,39)40)25-10-9-13-28(21-25)41-33(47)23(2)22-44-16-18-50-19-17-44/h5-15,20-21,31-32H,2,4,16-19,22H2,1,3H3,(H,41,47)(H,42,48)/t31-,32-/m0/s1. The van der Waals surface area contributed by atoms with E-state index in [9.17, 15) is 27.6 Å². The molecule has 0 spiro atoms. The molecule has 2 aliphatic rings. The van der Waals surface area contributed by atoms with Crippen molar-refractivity contribution >= 4 is 29.2 Å². The van der Waals surface area contributed by atoms with E-state index in [1.165, 1.54) is 11.0 Å². The molecule has 2 atom stereocenters. The summed E-state index contributed by atoms with van der Waals surface area (Å²) < 4.78 is 47.7. The Morgan fingerprint density at radius 3 is 2.42 bits per heavy atom. The van der Waals surface area contributed by atoms with Crippen LogP contribution in [-0.4, -0.2) is 77.8 Å². The normalized spacial score (nSPS) is 18.0. The van der Waals surface area contributed by atoms with Crippen LogP contribution in [0.1, 0.15) is 45.6 Å². The number of halogens is 3. The maximum atomic E-state index is 14.4. The van der Waals surface area contributed by atoms with Gasteiger partial charge < -0.3 is 15.4 Å². The summed E-state index contributed by atoms with van der Waals surface area (Å²) >= 11 is 0. The lowest BCUT2D eigenvalue weighted by Crippen LogP contribution is -2.55. The Labute approximate surface area is 287 Å². The smallest absolute Gasteiger partial charge is 0.379 e. The fourth-order valence-corrected chi connectivity index (χ4v) is 6.48. The second-order valence-corrected chi connectivity index (χ2v) is 12.2. The van der Waals surface area contributed by atoms with Gasteiger partial charge in [0, 0.05) is 54.5 Å². The molecule has 0 bridgehead atoms. The summed E-state index contributed by atoms with van der Waals surface area (Å²) in [6, 6.07) is 19.1. The number of anilines is 2. The molecular formula is C37H37F3N6O4. The highest BCUT2D eigenvalue weighted by Gasteiger charge is 2.45. The molecule has 50 heavy (non-hydrogen) atoms. The number of hydrogen-bond donors (Lipinski definition) is 2. The summed E-state index contributed by atoms with van der Waals surface area (Å²) in [5, 5.41) is 10.5. The van der Waals surface area contributed by atoms with E-state index in [0.717, 1.165) is 18.2 Å². The van der Waals surface area contributed by atoms with Crippen LogP contribution in [0.2, 0.25) is 0 Å². The summed E-state index contributed by atoms with van der Waals surface area (Å²) in [5.41, 5.74) is 2.14. The number of hydrogen-bond acceptors (Lipinski definition) is 6. The van der Waals surface area contributed by atoms with E-state index in [0.29, 0.717) is 72.4 Å². The molecule has 1 aromatic heterocycles. The Morgan fingerprint density at radius 2 is 1.72 bits per heavy atom. The number of para-hydroxylation sites is 1. The van der Waals surface area contributed by atoms with Crippen LogP contribution in [-0.2, 0) is 20.5 Å². The average Bonchev–Trinajstić information content (AvgIpc) is 3.45. The van der Waals surface area contributed by atoms with Crippen molar-refractivity contribution < 1.29 is 32.3 Å². The van der Waals surface area contributed by atoms with Gasteiger partial charge in [0.2, 0.25) is 0 Å². The number of aryl methyl sites for hydroxylation is 1. The van der Waals surface area contributed by atoms with E-state index < -0.39 is 35.5 Å². The van der Waals surface area contributed by atoms with Crippen LogP contribution >= 0.6 is 0 Å². The molecule has 2 aliphatic heterocycles. The number of alkyl halides is 3. The highest BCUT2D eigenvalue weighted by atomic mass is 19.4. The van der Waals surface area contributed by atoms with Crippen LogP contribution < -0.4 is 15.5 Å². The minimum atomic E-state index is -4.66. The number of likely N-dealkylation sites (N-methyl/N-ethyl adjacent to an activating group) is 1. The van der Waals surface area contributed by atoms with Crippen molar-refractivity contribution in [1.29, 1.82) is 0 Å². The fraction of sp³-hybridized carbons (Fsp3) is 0.297. The second kappa shape index (κ2) is 14.3. The number of aromatic nitrogens is 2. The third kappa shape index (κ3) is 7.05. The second-order valence-electron chi connectivity index (χ2n) is 12.2. The van der Waals surface area contributed by atoms with E-state index in [1.54, 1.807) is 35.9 Å². The number of amides is 3. The summed E-state index contributed by atoms with van der Waals surface area (Å²) in [5.74, 6) is -1.97. The topological polar surface area (TPSA) is 109 Å². The molecule has 1 saturated heterocycles. The van der Waals surface area contributed by atoms with Crippen molar-refractivity contribution in [2.75, 3.05) is 49.6 Å². The van der Waals surface area contributed by atoms with E-state index in [1.807, 2.05) is 37.3 Å². The number of carbonyl (C=O) groups excluding carboxylic acids is 3. The van der Waals surface area contributed by atoms with Gasteiger partial charge in [-0.15, -0.1) is 0 Å². The monoisotopic (exact) mass is 686 g/mol. The maximum Gasteiger partial charge on any atom is 0.416 e. The van der Waals surface area contributed by atoms with Gasteiger partial charge in [-0.25, -0.2) is 4.68 Å². The zero-order chi connectivity index (χ0) is 35.6. The number of rotatable bonds is 9. The summed E-state index contributed by atoms with van der Waals surface area (Å²) in [7, 11) is 0. The summed E-state index contributed by atoms with van der Waals surface area (Å²) in [6.07, 6.45) is -4.66. The number of carbonyl (C=O) groups is 3. The van der Waals surface area contributed by atoms with Crippen molar-refractivity contribution in [1.82, 2.24) is 20.0 Å². The van der Waals surface area contributed by atoms with Gasteiger partial charge in [-0.05, 0) is 61.9 Å². The van der Waals surface area contributed by atoms with E-state index in [-0.39, 0.29) is 18.0 Å². The lowest BCUT2D eigenvalue weighted by atomic mass is 9.81. The quantitative estimate of drug-likeness (QED) is 0.231. The van der Waals surface area contributed by atoms with Gasteiger partial charge in [0.1, 0.15) is 11.9 Å². The predicted octanol–water partition coefficient (Wildman–Crippen LogP) is 5.32. The molecule has 2 N–H and O–H groups in total. The zero-order valence-corrected chi connectivity index (χ0v) is 27.7. The molecular weight excluding hydrogens is 649 g/mol. The Morgan fingerprint density at radius 1 is 1.00 bits per heavy atom. The van der Waals surface area contributed by atoms with Crippen LogP contribution in [0.4, 0.5) is 24.7 Å². The molecule has 3 aromatic carbocycles. The van der Waals surface area contributed by atoms with Crippen molar-refractivity contribution in [2.45, 2.75) is 32.0 Å². The van der Waals surface area contributed by atoms with Gasteiger partial charge >= 0.3 is 6.18 Å². The van der Waals surface area contributed by atoms with Crippen molar-refractivity contribution in [3.63, 3.8) is 0 Å². The molecule has 13 heteroatoms. The molecule has 1 fully saturated rings. The van der Waals surface area contributed by atoms with Gasteiger partial charge in [0.15, 0.2) is 0 Å². The van der Waals surface area contributed by atoms with E-state index in [2.05, 4.69) is 22.1 Å². The fourth-order valence-electron chi connectivity index (χ4n) is 6.48. The van der Waals surface area contributed by atoms with Crippen molar-refractivity contribution in [2.24, 2.45) is 0 Å². The van der Waals surface area contributed by atoms with Crippen LogP contribution in [0, 0.1) is 6.92 Å². The molecule has 3 heterocycles. The Balaban J connectivity index is 1.40. The molecule has 0 aliphatic carbocycles. The largest absolute Gasteiger partial charge is 0.416 e. The summed E-state index contributed by atoms with van der Waals surface area (Å²) in [6.45, 7) is 10.7. The minimum absolute atomic E-state index is 0.230. The number of nitrogens with one attached hydrogen (secondary N) is 2. The first-order valence-corrected chi connectivity index (χ1v) is 16.3. The molecule has 3 amide bonds. The predicted molar refractivity (Wildman–Crippen MR) is 182 cm³/mol. The third-order valence-corrected chi connectivity index (χ3v) is 8.91. The first-order chi connectivity index (χ1) is 24.0. The molecule has 0 saturated carbocycles. The lowest BCUT2D eigenvalue weighted by molar-refractivity contribution is -0.137. The zero-order valence-electron chi connectivity index (χ0n) is 27.7. The van der Waals surface area contributed by atoms with E-state index >= 15 is 0 Å². The van der Waals surface area contributed by atoms with Gasteiger partial charge in [-0.2, -0.15) is 18.3 Å². The van der Waals surface area contributed by atoms with Crippen molar-refractivity contribution in [3.05, 3.63) is 119 Å². The number of nitrogens with zero attached hydrogens (tertiary/aromatic N) is 4. The number of benzene rings is 3. The molecule has 0 radical (unpaired) electrons.